The third-order valence-electron chi connectivity index (χ3n) is 0.408. The molecule has 1 N–H and O–H groups in total. The van der Waals surface area contributed by atoms with Crippen molar-refractivity contribution < 1.29 is 4.74 Å². The van der Waals surface area contributed by atoms with E-state index in [1.165, 1.54) is 0 Å². The summed E-state index contributed by atoms with van der Waals surface area (Å²) in [6, 6.07) is 0. The van der Waals surface area contributed by atoms with E-state index in [1.54, 1.807) is 0 Å². The molecule has 2 heteroatoms. The van der Waals surface area contributed by atoms with E-state index in [0.717, 1.165) is 6.61 Å². The van der Waals surface area contributed by atoms with Crippen LogP contribution in [0, 0.1) is 7.05 Å². The van der Waals surface area contributed by atoms with Crippen LogP contribution in [0.2, 0.25) is 0 Å². The fraction of sp³-hybridized carbons (Fsp3) is 0.750. The molecule has 0 saturated heterocycles. The van der Waals surface area contributed by atoms with Gasteiger partial charge in [0.15, 0.2) is 0 Å². The normalized spacial score (nSPS) is 9.00. The monoisotopic (exact) mass is 88.1 g/mol. The van der Waals surface area contributed by atoms with Crippen LogP contribution < -0.4 is 5.32 Å². The van der Waals surface area contributed by atoms with E-state index in [4.69, 9.17) is 4.74 Å². The Kier molecular flexibility index (Phi) is 4.85. The van der Waals surface area contributed by atoms with E-state index in [9.17, 15) is 0 Å². The van der Waals surface area contributed by atoms with Gasteiger partial charge in [-0.05, 0) is 6.92 Å². The van der Waals surface area contributed by atoms with Gasteiger partial charge >= 0.3 is 0 Å². The molecular formula is C4H10NO. The van der Waals surface area contributed by atoms with Crippen molar-refractivity contribution in [1.82, 2.24) is 5.32 Å². The summed E-state index contributed by atoms with van der Waals surface area (Å²) in [6.07, 6.45) is 0. The van der Waals surface area contributed by atoms with Crippen molar-refractivity contribution >= 4 is 0 Å². The van der Waals surface area contributed by atoms with Gasteiger partial charge in [-0.15, -0.1) is 0 Å². The van der Waals surface area contributed by atoms with Gasteiger partial charge in [0.25, 0.3) is 0 Å². The Morgan fingerprint density at radius 2 is 2.50 bits per heavy atom. The summed E-state index contributed by atoms with van der Waals surface area (Å²) in [5.74, 6) is 0. The summed E-state index contributed by atoms with van der Waals surface area (Å²) in [4.78, 5) is 0. The lowest BCUT2D eigenvalue weighted by Crippen LogP contribution is -2.08. The van der Waals surface area contributed by atoms with Crippen LogP contribution in [-0.2, 0) is 4.74 Å². The van der Waals surface area contributed by atoms with Crippen LogP contribution in [0.5, 0.6) is 0 Å². The maximum Gasteiger partial charge on any atom is 0.0965 e. The molecular weight excluding hydrogens is 78.0 g/mol. The van der Waals surface area contributed by atoms with E-state index >= 15 is 0 Å². The lowest BCUT2D eigenvalue weighted by atomic mass is 10.9. The molecule has 0 heterocycles. The molecule has 0 amide bonds. The first kappa shape index (κ1) is 5.92. The molecule has 0 aromatic carbocycles. The van der Waals surface area contributed by atoms with Crippen molar-refractivity contribution in [3.8, 4) is 0 Å². The molecule has 0 atom stereocenters. The van der Waals surface area contributed by atoms with Crippen molar-refractivity contribution in [3.63, 3.8) is 0 Å². The Labute approximate surface area is 38.5 Å². The van der Waals surface area contributed by atoms with Gasteiger partial charge in [0.2, 0.25) is 0 Å². The van der Waals surface area contributed by atoms with Crippen molar-refractivity contribution in [2.75, 3.05) is 13.3 Å². The summed E-state index contributed by atoms with van der Waals surface area (Å²) in [5.41, 5.74) is 0. The highest BCUT2D eigenvalue weighted by molar-refractivity contribution is 4.23. The molecule has 0 unspecified atom stereocenters. The topological polar surface area (TPSA) is 21.3 Å². The Bertz CT molecular complexity index is 19.5. The third-order valence-corrected chi connectivity index (χ3v) is 0.408. The smallest absolute Gasteiger partial charge is 0.0965 e. The largest absolute Gasteiger partial charge is 0.367 e. The average molecular weight is 88.1 g/mol. The summed E-state index contributed by atoms with van der Waals surface area (Å²) in [7, 11) is 3.35. The number of hydrogen-bond acceptors (Lipinski definition) is 2. The lowest BCUT2D eigenvalue weighted by Gasteiger charge is -1.93. The minimum Gasteiger partial charge on any atom is -0.367 e. The minimum atomic E-state index is 0.552. The molecule has 2 nitrogen and oxygen atoms in total. The van der Waals surface area contributed by atoms with Crippen LogP contribution in [0.15, 0.2) is 0 Å². The van der Waals surface area contributed by atoms with E-state index in [-0.39, 0.29) is 0 Å². The zero-order chi connectivity index (χ0) is 4.83. The van der Waals surface area contributed by atoms with Crippen LogP contribution in [-0.4, -0.2) is 13.3 Å². The van der Waals surface area contributed by atoms with E-state index < -0.39 is 0 Å². The van der Waals surface area contributed by atoms with Gasteiger partial charge in [-0.25, -0.2) is 0 Å². The molecule has 0 aliphatic heterocycles. The molecule has 0 rings (SSSR count). The Balaban J connectivity index is 2.34. The predicted molar refractivity (Wildman–Crippen MR) is 25.0 cm³/mol. The molecule has 0 spiro atoms. The first-order chi connectivity index (χ1) is 2.91. The third kappa shape index (κ3) is 3.92. The van der Waals surface area contributed by atoms with Crippen molar-refractivity contribution in [2.45, 2.75) is 6.92 Å². The number of ether oxygens (including phenoxy) is 1. The van der Waals surface area contributed by atoms with Crippen LogP contribution in [0.3, 0.4) is 0 Å². The summed E-state index contributed by atoms with van der Waals surface area (Å²) in [6.45, 7) is 3.25. The molecule has 37 valence electrons. The second-order valence-electron chi connectivity index (χ2n) is 0.887. The highest BCUT2D eigenvalue weighted by Gasteiger charge is 1.70. The lowest BCUT2D eigenvalue weighted by molar-refractivity contribution is 0.138. The van der Waals surface area contributed by atoms with Gasteiger partial charge in [0.05, 0.1) is 6.73 Å². The fourth-order valence-electron chi connectivity index (χ4n) is 0.174. The van der Waals surface area contributed by atoms with Gasteiger partial charge in [-0.2, -0.15) is 0 Å². The molecule has 0 bridgehead atoms. The quantitative estimate of drug-likeness (QED) is 0.397. The SMILES string of the molecule is [CH2]NCOCC. The molecule has 0 aliphatic rings. The molecule has 0 saturated carbocycles. The maximum atomic E-state index is 4.81. The summed E-state index contributed by atoms with van der Waals surface area (Å²) >= 11 is 0. The van der Waals surface area contributed by atoms with E-state index in [1.807, 2.05) is 6.92 Å². The van der Waals surface area contributed by atoms with Gasteiger partial charge in [-0.1, -0.05) is 0 Å². The second kappa shape index (κ2) is 4.92. The molecule has 0 aromatic heterocycles. The Morgan fingerprint density at radius 1 is 1.83 bits per heavy atom. The first-order valence-corrected chi connectivity index (χ1v) is 1.99. The number of rotatable bonds is 3. The second-order valence-corrected chi connectivity index (χ2v) is 0.887. The average Bonchev–Trinajstić information content (AvgIpc) is 1.61. The standard InChI is InChI=1S/C4H10NO/c1-3-6-4-5-2/h5H,2-4H2,1H3. The molecule has 0 aromatic rings. The molecule has 0 fully saturated rings. The highest BCUT2D eigenvalue weighted by Crippen LogP contribution is 1.62. The van der Waals surface area contributed by atoms with Crippen LogP contribution in [0.1, 0.15) is 6.92 Å². The molecule has 6 heavy (non-hydrogen) atoms. The summed E-state index contributed by atoms with van der Waals surface area (Å²) < 4.78 is 4.81. The Hall–Kier alpha value is -0.0800. The van der Waals surface area contributed by atoms with E-state index in [2.05, 4.69) is 12.4 Å². The van der Waals surface area contributed by atoms with Crippen LogP contribution in [0.4, 0.5) is 0 Å². The van der Waals surface area contributed by atoms with Gasteiger partial charge in [0.1, 0.15) is 0 Å². The minimum absolute atomic E-state index is 0.552. The van der Waals surface area contributed by atoms with Crippen molar-refractivity contribution in [3.05, 3.63) is 7.05 Å². The van der Waals surface area contributed by atoms with E-state index in [0.29, 0.717) is 6.73 Å². The Morgan fingerprint density at radius 3 is 2.67 bits per heavy atom. The molecule has 1 radical (unpaired) electrons. The zero-order valence-electron chi connectivity index (χ0n) is 4.03. The zero-order valence-corrected chi connectivity index (χ0v) is 4.03. The van der Waals surface area contributed by atoms with Gasteiger partial charge in [0, 0.05) is 13.7 Å². The number of nitrogens with one attached hydrogen (secondary N) is 1. The fourth-order valence-corrected chi connectivity index (χ4v) is 0.174. The highest BCUT2D eigenvalue weighted by atomic mass is 16.5. The molecule has 0 aliphatic carbocycles. The van der Waals surface area contributed by atoms with Crippen molar-refractivity contribution in [1.29, 1.82) is 0 Å². The van der Waals surface area contributed by atoms with Gasteiger partial charge in [-0.3, -0.25) is 5.32 Å². The summed E-state index contributed by atoms with van der Waals surface area (Å²) in [5, 5.41) is 2.60. The predicted octanol–water partition coefficient (Wildman–Crippen LogP) is 0.362. The first-order valence-electron chi connectivity index (χ1n) is 1.99. The van der Waals surface area contributed by atoms with Crippen molar-refractivity contribution in [2.24, 2.45) is 0 Å². The van der Waals surface area contributed by atoms with Crippen LogP contribution >= 0.6 is 0 Å². The van der Waals surface area contributed by atoms with Crippen LogP contribution in [0.25, 0.3) is 0 Å². The number of hydrogen-bond donors (Lipinski definition) is 1. The maximum absolute atomic E-state index is 4.81. The van der Waals surface area contributed by atoms with Gasteiger partial charge < -0.3 is 4.74 Å².